The molecule has 2 N–H and O–H groups in total. The third-order valence-electron chi connectivity index (χ3n) is 5.14. The monoisotopic (exact) mass is 504 g/mol. The quantitative estimate of drug-likeness (QED) is 0.326. The lowest BCUT2D eigenvalue weighted by Gasteiger charge is -2.15. The van der Waals surface area contributed by atoms with E-state index in [1.165, 1.54) is 10.9 Å². The molecule has 184 valence electrons. The maximum Gasteiger partial charge on any atom is 0.299 e. The number of carbonyl (C=O) groups is 1. The van der Waals surface area contributed by atoms with E-state index in [1.807, 2.05) is 13.8 Å². The number of ether oxygens (including phenoxy) is 2. The minimum Gasteiger partial charge on any atom is -0.497 e. The van der Waals surface area contributed by atoms with Gasteiger partial charge in [-0.15, -0.1) is 0 Å². The van der Waals surface area contributed by atoms with Crippen molar-refractivity contribution in [3.63, 3.8) is 0 Å². The third-order valence-corrected chi connectivity index (χ3v) is 5.39. The van der Waals surface area contributed by atoms with E-state index in [-0.39, 0.29) is 23.4 Å². The number of methoxy groups -OCH3 is 1. The first-order valence-corrected chi connectivity index (χ1v) is 11.6. The number of nitrogens with one attached hydrogen (secondary N) is 2. The molecule has 8 nitrogen and oxygen atoms in total. The van der Waals surface area contributed by atoms with E-state index in [4.69, 9.17) is 21.1 Å². The van der Waals surface area contributed by atoms with Gasteiger partial charge < -0.3 is 20.1 Å². The van der Waals surface area contributed by atoms with E-state index in [9.17, 15) is 9.59 Å². The van der Waals surface area contributed by atoms with Crippen molar-refractivity contribution in [2.45, 2.75) is 19.9 Å². The van der Waals surface area contributed by atoms with Gasteiger partial charge in [-0.1, -0.05) is 11.6 Å². The van der Waals surface area contributed by atoms with Crippen molar-refractivity contribution in [3.05, 3.63) is 99.9 Å². The van der Waals surface area contributed by atoms with Crippen LogP contribution in [0.5, 0.6) is 17.2 Å². The predicted molar refractivity (Wildman–Crippen MR) is 140 cm³/mol. The van der Waals surface area contributed by atoms with Gasteiger partial charge in [0.05, 0.1) is 19.0 Å². The lowest BCUT2D eigenvalue weighted by Crippen LogP contribution is -2.30. The molecule has 0 saturated carbocycles. The van der Waals surface area contributed by atoms with Crippen LogP contribution in [-0.4, -0.2) is 28.8 Å². The number of halogens is 1. The molecular weight excluding hydrogens is 480 g/mol. The molecule has 0 fully saturated rings. The van der Waals surface area contributed by atoms with Crippen molar-refractivity contribution in [1.29, 1.82) is 0 Å². The first-order valence-electron chi connectivity index (χ1n) is 11.2. The van der Waals surface area contributed by atoms with Crippen molar-refractivity contribution >= 4 is 28.9 Å². The molecule has 1 aromatic heterocycles. The van der Waals surface area contributed by atoms with Crippen molar-refractivity contribution < 1.29 is 14.3 Å². The fraction of sp³-hybridized carbons (Fsp3) is 0.148. The van der Waals surface area contributed by atoms with Gasteiger partial charge in [0.2, 0.25) is 0 Å². The summed E-state index contributed by atoms with van der Waals surface area (Å²) in [6.07, 6.45) is 1.47. The number of carbonyl (C=O) groups excluding carboxylic acids is 1. The number of hydrogen-bond acceptors (Lipinski definition) is 6. The van der Waals surface area contributed by atoms with Crippen LogP contribution in [0.3, 0.4) is 0 Å². The number of anilines is 2. The Hall–Kier alpha value is -4.30. The summed E-state index contributed by atoms with van der Waals surface area (Å²) in [7, 11) is 1.58. The van der Waals surface area contributed by atoms with Crippen LogP contribution in [0.15, 0.2) is 83.8 Å². The second-order valence-corrected chi connectivity index (χ2v) is 8.62. The van der Waals surface area contributed by atoms with E-state index in [2.05, 4.69) is 15.7 Å². The van der Waals surface area contributed by atoms with Crippen molar-refractivity contribution in [1.82, 2.24) is 15.1 Å². The van der Waals surface area contributed by atoms with Crippen LogP contribution >= 0.6 is 11.6 Å². The van der Waals surface area contributed by atoms with Gasteiger partial charge in [0.25, 0.3) is 11.5 Å². The molecule has 1 amide bonds. The number of aromatic nitrogens is 2. The average Bonchev–Trinajstić information content (AvgIpc) is 2.87. The number of rotatable bonds is 8. The molecule has 0 spiro atoms. The molecule has 0 unspecified atom stereocenters. The summed E-state index contributed by atoms with van der Waals surface area (Å²) >= 11 is 6.00. The van der Waals surface area contributed by atoms with Crippen LogP contribution in [0.2, 0.25) is 5.02 Å². The van der Waals surface area contributed by atoms with Crippen molar-refractivity contribution in [2.75, 3.05) is 12.4 Å². The fourth-order valence-corrected chi connectivity index (χ4v) is 3.49. The molecular formula is C27H25ClN4O4. The molecule has 0 saturated heterocycles. The Kier molecular flexibility index (Phi) is 7.56. The molecule has 0 aliphatic carbocycles. The number of benzene rings is 3. The molecule has 9 heteroatoms. The zero-order valence-electron chi connectivity index (χ0n) is 20.0. The van der Waals surface area contributed by atoms with Gasteiger partial charge in [0.15, 0.2) is 11.4 Å². The number of hydrogen-bond donors (Lipinski definition) is 2. The van der Waals surface area contributed by atoms with Crippen LogP contribution in [-0.2, 0) is 0 Å². The summed E-state index contributed by atoms with van der Waals surface area (Å²) in [4.78, 5) is 25.8. The Morgan fingerprint density at radius 3 is 2.19 bits per heavy atom. The SMILES string of the molecule is COc1ccc(Oc2cnn(-c3ccc(Cl)cc3)c(=O)c2Nc2ccc(C(=O)NC(C)C)cc2)cc1. The van der Waals surface area contributed by atoms with Gasteiger partial charge in [-0.3, -0.25) is 9.59 Å². The lowest BCUT2D eigenvalue weighted by atomic mass is 10.2. The van der Waals surface area contributed by atoms with Crippen LogP contribution in [0.1, 0.15) is 24.2 Å². The Morgan fingerprint density at radius 2 is 1.58 bits per heavy atom. The molecule has 0 radical (unpaired) electrons. The Bertz CT molecular complexity index is 1400. The molecule has 0 atom stereocenters. The largest absolute Gasteiger partial charge is 0.497 e. The smallest absolute Gasteiger partial charge is 0.299 e. The van der Waals surface area contributed by atoms with Gasteiger partial charge >= 0.3 is 0 Å². The maximum atomic E-state index is 13.5. The molecule has 1 heterocycles. The van der Waals surface area contributed by atoms with Gasteiger partial charge in [-0.25, -0.2) is 0 Å². The summed E-state index contributed by atoms with van der Waals surface area (Å²) in [5.41, 5.74) is 1.41. The summed E-state index contributed by atoms with van der Waals surface area (Å²) < 4.78 is 12.4. The average molecular weight is 505 g/mol. The van der Waals surface area contributed by atoms with Crippen LogP contribution in [0, 0.1) is 0 Å². The van der Waals surface area contributed by atoms with Crippen LogP contribution < -0.4 is 25.7 Å². The normalized spacial score (nSPS) is 10.7. The Labute approximate surface area is 213 Å². The van der Waals surface area contributed by atoms with E-state index in [0.717, 1.165) is 0 Å². The minimum absolute atomic E-state index is 0.0242. The zero-order chi connectivity index (χ0) is 25.7. The molecule has 0 aliphatic rings. The first kappa shape index (κ1) is 24.8. The van der Waals surface area contributed by atoms with Gasteiger partial charge in [0.1, 0.15) is 11.5 Å². The summed E-state index contributed by atoms with van der Waals surface area (Å²) in [6, 6.07) is 20.6. The van der Waals surface area contributed by atoms with Crippen molar-refractivity contribution in [2.24, 2.45) is 0 Å². The highest BCUT2D eigenvalue weighted by Gasteiger charge is 2.16. The van der Waals surface area contributed by atoms with Gasteiger partial charge in [0, 0.05) is 22.3 Å². The lowest BCUT2D eigenvalue weighted by molar-refractivity contribution is 0.0943. The third kappa shape index (κ3) is 5.84. The topological polar surface area (TPSA) is 94.5 Å². The summed E-state index contributed by atoms with van der Waals surface area (Å²) in [5, 5.41) is 10.8. The summed E-state index contributed by atoms with van der Waals surface area (Å²) in [6.45, 7) is 3.79. The number of amides is 1. The predicted octanol–water partition coefficient (Wildman–Crippen LogP) is 5.57. The second-order valence-electron chi connectivity index (χ2n) is 8.19. The van der Waals surface area contributed by atoms with E-state index in [0.29, 0.717) is 33.5 Å². The van der Waals surface area contributed by atoms with E-state index >= 15 is 0 Å². The van der Waals surface area contributed by atoms with Crippen LogP contribution in [0.4, 0.5) is 11.4 Å². The Morgan fingerprint density at radius 1 is 0.944 bits per heavy atom. The highest BCUT2D eigenvalue weighted by molar-refractivity contribution is 6.30. The standard InChI is InChI=1S/C27H25ClN4O4/c1-17(2)30-26(33)18-4-8-20(9-5-18)31-25-24(36-23-14-12-22(35-3)13-15-23)16-29-32(27(25)34)21-10-6-19(28)7-11-21/h4-17,31H,1-3H3,(H,30,33). The highest BCUT2D eigenvalue weighted by atomic mass is 35.5. The van der Waals surface area contributed by atoms with E-state index in [1.54, 1.807) is 79.9 Å². The summed E-state index contributed by atoms with van der Waals surface area (Å²) in [5.74, 6) is 1.25. The molecule has 0 aliphatic heterocycles. The first-order chi connectivity index (χ1) is 17.3. The maximum absolute atomic E-state index is 13.5. The van der Waals surface area contributed by atoms with Crippen molar-refractivity contribution in [3.8, 4) is 22.9 Å². The molecule has 4 aromatic rings. The second kappa shape index (κ2) is 11.0. The van der Waals surface area contributed by atoms with Crippen LogP contribution in [0.25, 0.3) is 5.69 Å². The minimum atomic E-state index is -0.426. The van der Waals surface area contributed by atoms with Gasteiger partial charge in [-0.05, 0) is 86.6 Å². The zero-order valence-corrected chi connectivity index (χ0v) is 20.7. The highest BCUT2D eigenvalue weighted by Crippen LogP contribution is 2.30. The number of nitrogens with zero attached hydrogens (tertiary/aromatic N) is 2. The van der Waals surface area contributed by atoms with E-state index < -0.39 is 5.56 Å². The fourth-order valence-electron chi connectivity index (χ4n) is 3.36. The molecule has 0 bridgehead atoms. The molecule has 3 aromatic carbocycles. The Balaban J connectivity index is 1.70. The molecule has 36 heavy (non-hydrogen) atoms. The molecule has 4 rings (SSSR count). The van der Waals surface area contributed by atoms with Gasteiger partial charge in [-0.2, -0.15) is 9.78 Å².